The number of aromatic nitrogens is 1. The van der Waals surface area contributed by atoms with Gasteiger partial charge >= 0.3 is 0 Å². The van der Waals surface area contributed by atoms with Crippen molar-refractivity contribution in [2.75, 3.05) is 18.4 Å². The number of aryl methyl sites for hydroxylation is 2. The number of hydrogen-bond donors (Lipinski definition) is 2. The number of rotatable bonds is 4. The molecule has 2 aliphatic carbocycles. The Kier molecular flexibility index (Phi) is 4.59. The van der Waals surface area contributed by atoms with E-state index < -0.39 is 0 Å². The zero-order valence-corrected chi connectivity index (χ0v) is 11.6. The third-order valence-corrected chi connectivity index (χ3v) is 3.40. The standard InChI is InChI=1S/C11H16N2.C4H9N/c1-8-5-9(2)13-11(6-8)12-7-10-3-4-10;5-3-4-1-2-4/h5-6,10H,3-4,7H2,1-2H3,(H,12,13);4H,1-3,5H2. The average molecular weight is 247 g/mol. The topological polar surface area (TPSA) is 50.9 Å². The first-order chi connectivity index (χ1) is 8.67. The molecule has 0 aliphatic heterocycles. The molecule has 3 heteroatoms. The molecule has 2 saturated carbocycles. The lowest BCUT2D eigenvalue weighted by Gasteiger charge is -2.06. The summed E-state index contributed by atoms with van der Waals surface area (Å²) in [4.78, 5) is 4.42. The van der Waals surface area contributed by atoms with Crippen LogP contribution < -0.4 is 11.1 Å². The molecule has 2 aliphatic rings. The van der Waals surface area contributed by atoms with E-state index >= 15 is 0 Å². The molecule has 100 valence electrons. The van der Waals surface area contributed by atoms with Crippen LogP contribution in [-0.4, -0.2) is 18.1 Å². The van der Waals surface area contributed by atoms with Crippen molar-refractivity contribution in [1.29, 1.82) is 0 Å². The first kappa shape index (κ1) is 13.3. The molecule has 0 spiro atoms. The zero-order valence-electron chi connectivity index (χ0n) is 11.6. The molecule has 0 radical (unpaired) electrons. The van der Waals surface area contributed by atoms with Crippen molar-refractivity contribution in [2.45, 2.75) is 39.5 Å². The summed E-state index contributed by atoms with van der Waals surface area (Å²) < 4.78 is 0. The lowest BCUT2D eigenvalue weighted by Crippen LogP contribution is -2.05. The van der Waals surface area contributed by atoms with Gasteiger partial charge in [-0.05, 0) is 75.6 Å². The van der Waals surface area contributed by atoms with Crippen LogP contribution in [0.3, 0.4) is 0 Å². The van der Waals surface area contributed by atoms with E-state index in [1.807, 2.05) is 6.92 Å². The Hall–Kier alpha value is -1.09. The molecule has 0 amide bonds. The van der Waals surface area contributed by atoms with Gasteiger partial charge in [0.2, 0.25) is 0 Å². The lowest BCUT2D eigenvalue weighted by atomic mass is 10.2. The summed E-state index contributed by atoms with van der Waals surface area (Å²) in [6.45, 7) is 6.15. The fourth-order valence-corrected chi connectivity index (χ4v) is 1.86. The molecular formula is C15H25N3. The van der Waals surface area contributed by atoms with E-state index in [0.717, 1.165) is 36.4 Å². The predicted molar refractivity (Wildman–Crippen MR) is 76.7 cm³/mol. The smallest absolute Gasteiger partial charge is 0.126 e. The fourth-order valence-electron chi connectivity index (χ4n) is 1.86. The summed E-state index contributed by atoms with van der Waals surface area (Å²) in [5.41, 5.74) is 7.61. The van der Waals surface area contributed by atoms with Crippen LogP contribution in [0.15, 0.2) is 12.1 Å². The number of pyridine rings is 1. The molecule has 2 fully saturated rings. The van der Waals surface area contributed by atoms with Crippen molar-refractivity contribution in [3.8, 4) is 0 Å². The van der Waals surface area contributed by atoms with Crippen LogP contribution in [0.5, 0.6) is 0 Å². The van der Waals surface area contributed by atoms with E-state index in [1.165, 1.54) is 31.2 Å². The maximum absolute atomic E-state index is 5.23. The van der Waals surface area contributed by atoms with Gasteiger partial charge in [0, 0.05) is 12.2 Å². The average Bonchev–Trinajstić information content (AvgIpc) is 3.18. The van der Waals surface area contributed by atoms with E-state index in [9.17, 15) is 0 Å². The van der Waals surface area contributed by atoms with Crippen molar-refractivity contribution < 1.29 is 0 Å². The molecule has 3 nitrogen and oxygen atoms in total. The molecule has 0 bridgehead atoms. The van der Waals surface area contributed by atoms with E-state index in [4.69, 9.17) is 5.73 Å². The first-order valence-corrected chi connectivity index (χ1v) is 7.06. The molecule has 1 aromatic heterocycles. The van der Waals surface area contributed by atoms with Crippen molar-refractivity contribution in [2.24, 2.45) is 17.6 Å². The van der Waals surface area contributed by atoms with E-state index in [1.54, 1.807) is 0 Å². The van der Waals surface area contributed by atoms with Crippen LogP contribution in [0.4, 0.5) is 5.82 Å². The minimum absolute atomic E-state index is 0.905. The fraction of sp³-hybridized carbons (Fsp3) is 0.667. The molecule has 1 aromatic rings. The van der Waals surface area contributed by atoms with Gasteiger partial charge in [0.1, 0.15) is 5.82 Å². The van der Waals surface area contributed by atoms with Gasteiger partial charge in [0.15, 0.2) is 0 Å². The van der Waals surface area contributed by atoms with Crippen LogP contribution in [0.2, 0.25) is 0 Å². The highest BCUT2D eigenvalue weighted by atomic mass is 15.0. The zero-order chi connectivity index (χ0) is 13.0. The highest BCUT2D eigenvalue weighted by Gasteiger charge is 2.20. The SMILES string of the molecule is Cc1cc(C)nc(NCC2CC2)c1.NCC1CC1. The summed E-state index contributed by atoms with van der Waals surface area (Å²) in [7, 11) is 0. The number of anilines is 1. The summed E-state index contributed by atoms with van der Waals surface area (Å²) in [6.07, 6.45) is 5.54. The van der Waals surface area contributed by atoms with E-state index in [2.05, 4.69) is 29.4 Å². The van der Waals surface area contributed by atoms with E-state index in [-0.39, 0.29) is 0 Å². The molecule has 18 heavy (non-hydrogen) atoms. The largest absolute Gasteiger partial charge is 0.370 e. The summed E-state index contributed by atoms with van der Waals surface area (Å²) in [6, 6.07) is 4.21. The summed E-state index contributed by atoms with van der Waals surface area (Å²) in [5, 5.41) is 3.38. The highest BCUT2D eigenvalue weighted by Crippen LogP contribution is 2.28. The Morgan fingerprint density at radius 1 is 1.17 bits per heavy atom. The third kappa shape index (κ3) is 5.05. The Morgan fingerprint density at radius 3 is 2.28 bits per heavy atom. The minimum atomic E-state index is 0.905. The number of hydrogen-bond acceptors (Lipinski definition) is 3. The van der Waals surface area contributed by atoms with Crippen LogP contribution in [0.25, 0.3) is 0 Å². The van der Waals surface area contributed by atoms with Crippen molar-refractivity contribution in [1.82, 2.24) is 4.98 Å². The molecule has 0 aromatic carbocycles. The molecular weight excluding hydrogens is 222 g/mol. The van der Waals surface area contributed by atoms with E-state index in [0.29, 0.717) is 0 Å². The summed E-state index contributed by atoms with van der Waals surface area (Å²) in [5.74, 6) is 2.85. The van der Waals surface area contributed by atoms with Crippen LogP contribution in [0, 0.1) is 25.7 Å². The Morgan fingerprint density at radius 2 is 1.83 bits per heavy atom. The van der Waals surface area contributed by atoms with Gasteiger partial charge in [-0.25, -0.2) is 4.98 Å². The number of nitrogens with zero attached hydrogens (tertiary/aromatic N) is 1. The number of nitrogens with two attached hydrogens (primary N) is 1. The second-order valence-electron chi connectivity index (χ2n) is 5.67. The monoisotopic (exact) mass is 247 g/mol. The van der Waals surface area contributed by atoms with Gasteiger partial charge in [-0.3, -0.25) is 0 Å². The molecule has 3 N–H and O–H groups in total. The first-order valence-electron chi connectivity index (χ1n) is 7.06. The van der Waals surface area contributed by atoms with Crippen molar-refractivity contribution in [3.63, 3.8) is 0 Å². The van der Waals surface area contributed by atoms with Gasteiger partial charge in [0.25, 0.3) is 0 Å². The molecule has 1 heterocycles. The second kappa shape index (κ2) is 6.19. The molecule has 0 unspecified atom stereocenters. The normalized spacial score (nSPS) is 17.9. The molecule has 3 rings (SSSR count). The maximum Gasteiger partial charge on any atom is 0.126 e. The Bertz CT molecular complexity index is 361. The molecule has 0 atom stereocenters. The number of nitrogens with one attached hydrogen (secondary N) is 1. The van der Waals surface area contributed by atoms with Gasteiger partial charge in [-0.1, -0.05) is 0 Å². The lowest BCUT2D eigenvalue weighted by molar-refractivity contribution is 0.847. The quantitative estimate of drug-likeness (QED) is 0.860. The predicted octanol–water partition coefficient (Wildman–Crippen LogP) is 2.88. The Labute approximate surface area is 110 Å². The van der Waals surface area contributed by atoms with Gasteiger partial charge in [-0.15, -0.1) is 0 Å². The minimum Gasteiger partial charge on any atom is -0.370 e. The van der Waals surface area contributed by atoms with Gasteiger partial charge in [0.05, 0.1) is 0 Å². The van der Waals surface area contributed by atoms with Crippen molar-refractivity contribution >= 4 is 5.82 Å². The van der Waals surface area contributed by atoms with Crippen LogP contribution in [0.1, 0.15) is 36.9 Å². The molecule has 0 saturated heterocycles. The van der Waals surface area contributed by atoms with Crippen molar-refractivity contribution in [3.05, 3.63) is 23.4 Å². The van der Waals surface area contributed by atoms with Gasteiger partial charge < -0.3 is 11.1 Å². The Balaban J connectivity index is 0.000000202. The maximum atomic E-state index is 5.23. The van der Waals surface area contributed by atoms with Gasteiger partial charge in [-0.2, -0.15) is 0 Å². The third-order valence-electron chi connectivity index (χ3n) is 3.40. The van der Waals surface area contributed by atoms with Crippen LogP contribution in [-0.2, 0) is 0 Å². The highest BCUT2D eigenvalue weighted by molar-refractivity contribution is 5.39. The van der Waals surface area contributed by atoms with Crippen LogP contribution >= 0.6 is 0 Å². The second-order valence-corrected chi connectivity index (χ2v) is 5.67. The summed E-state index contributed by atoms with van der Waals surface area (Å²) >= 11 is 0.